The molecule has 0 aliphatic rings. The van der Waals surface area contributed by atoms with Gasteiger partial charge in [0.1, 0.15) is 6.61 Å². The molecule has 0 aromatic heterocycles. The Kier molecular flexibility index (Phi) is 9.18. The van der Waals surface area contributed by atoms with E-state index in [2.05, 4.69) is 18.7 Å². The first-order valence-corrected chi connectivity index (χ1v) is 5.76. The maximum Gasteiger partial charge on any atom is 0.330 e. The molecule has 0 amide bonds. The van der Waals surface area contributed by atoms with Crippen LogP contribution in [-0.4, -0.2) is 37.1 Å². The van der Waals surface area contributed by atoms with Gasteiger partial charge in [-0.25, -0.2) is 4.79 Å². The van der Waals surface area contributed by atoms with Crippen molar-refractivity contribution in [1.82, 2.24) is 4.90 Å². The molecule has 0 bridgehead atoms. The maximum atomic E-state index is 11.0. The molecule has 0 saturated heterocycles. The van der Waals surface area contributed by atoms with Crippen LogP contribution >= 0.6 is 0 Å². The summed E-state index contributed by atoms with van der Waals surface area (Å²) in [5.74, 6) is -0.245. The number of rotatable bonds is 8. The van der Waals surface area contributed by atoms with Crippen LogP contribution in [0.3, 0.4) is 0 Å². The molecule has 0 saturated carbocycles. The lowest BCUT2D eigenvalue weighted by molar-refractivity contribution is -0.138. The topological polar surface area (TPSA) is 29.5 Å². The van der Waals surface area contributed by atoms with E-state index in [0.29, 0.717) is 6.61 Å². The van der Waals surface area contributed by atoms with Crippen molar-refractivity contribution in [2.24, 2.45) is 0 Å². The first-order valence-electron chi connectivity index (χ1n) is 5.76. The third-order valence-corrected chi connectivity index (χ3v) is 2.03. The lowest BCUT2D eigenvalue weighted by Gasteiger charge is -2.20. The summed E-state index contributed by atoms with van der Waals surface area (Å²) in [6, 6.07) is 0. The average molecular weight is 213 g/mol. The largest absolute Gasteiger partial charge is 0.461 e. The summed E-state index contributed by atoms with van der Waals surface area (Å²) in [5, 5.41) is 0. The van der Waals surface area contributed by atoms with Crippen molar-refractivity contribution in [3.05, 3.63) is 12.2 Å². The van der Waals surface area contributed by atoms with E-state index in [1.165, 1.54) is 6.08 Å². The normalized spacial score (nSPS) is 11.2. The van der Waals surface area contributed by atoms with Crippen molar-refractivity contribution < 1.29 is 9.53 Å². The summed E-state index contributed by atoms with van der Waals surface area (Å²) in [5.41, 5.74) is 0. The van der Waals surface area contributed by atoms with Crippen molar-refractivity contribution in [3.63, 3.8) is 0 Å². The van der Waals surface area contributed by atoms with Gasteiger partial charge in [-0.05, 0) is 32.9 Å². The molecule has 15 heavy (non-hydrogen) atoms. The van der Waals surface area contributed by atoms with Crippen LogP contribution in [0.1, 0.15) is 33.6 Å². The smallest absolute Gasteiger partial charge is 0.330 e. The van der Waals surface area contributed by atoms with Crippen LogP contribution in [0.4, 0.5) is 0 Å². The van der Waals surface area contributed by atoms with E-state index in [9.17, 15) is 4.79 Å². The number of hydrogen-bond donors (Lipinski definition) is 0. The number of nitrogens with zero attached hydrogens (tertiary/aromatic N) is 1. The molecule has 0 radical (unpaired) electrons. The molecule has 0 fully saturated rings. The van der Waals surface area contributed by atoms with Crippen molar-refractivity contribution in [2.45, 2.75) is 33.6 Å². The van der Waals surface area contributed by atoms with Gasteiger partial charge in [0.15, 0.2) is 0 Å². The number of carbonyl (C=O) groups is 1. The molecule has 0 unspecified atom stereocenters. The second-order valence-electron chi connectivity index (χ2n) is 3.51. The molecule has 0 rings (SSSR count). The van der Waals surface area contributed by atoms with Gasteiger partial charge in [0.25, 0.3) is 0 Å². The summed E-state index contributed by atoms with van der Waals surface area (Å²) < 4.78 is 5.04. The lowest BCUT2D eigenvalue weighted by Crippen LogP contribution is -2.29. The molecule has 3 heteroatoms. The van der Waals surface area contributed by atoms with Crippen LogP contribution in [0, 0.1) is 0 Å². The fourth-order valence-corrected chi connectivity index (χ4v) is 1.43. The minimum Gasteiger partial charge on any atom is -0.461 e. The van der Waals surface area contributed by atoms with E-state index >= 15 is 0 Å². The van der Waals surface area contributed by atoms with Crippen molar-refractivity contribution >= 4 is 5.97 Å². The van der Waals surface area contributed by atoms with Crippen LogP contribution < -0.4 is 0 Å². The van der Waals surface area contributed by atoms with Crippen LogP contribution in [0.2, 0.25) is 0 Å². The zero-order chi connectivity index (χ0) is 11.5. The number of ether oxygens (including phenoxy) is 1. The SMILES string of the molecule is C/C=C\C(=O)OCCN(CCC)CCC. The molecule has 0 aliphatic heterocycles. The Morgan fingerprint density at radius 3 is 2.27 bits per heavy atom. The number of carbonyl (C=O) groups excluding carboxylic acids is 1. The molecule has 0 N–H and O–H groups in total. The lowest BCUT2D eigenvalue weighted by atomic mass is 10.3. The standard InChI is InChI=1S/C12H23NO2/c1-4-7-12(14)15-11-10-13(8-5-2)9-6-3/h4,7H,5-6,8-11H2,1-3H3/b7-4-. The number of esters is 1. The highest BCUT2D eigenvalue weighted by Crippen LogP contribution is 1.94. The Bertz CT molecular complexity index is 184. The van der Waals surface area contributed by atoms with E-state index in [-0.39, 0.29) is 5.97 Å². The highest BCUT2D eigenvalue weighted by molar-refractivity contribution is 5.81. The summed E-state index contributed by atoms with van der Waals surface area (Å²) in [6.45, 7) is 9.61. The molecule has 0 spiro atoms. The Morgan fingerprint density at radius 1 is 1.20 bits per heavy atom. The zero-order valence-corrected chi connectivity index (χ0v) is 10.2. The van der Waals surface area contributed by atoms with Gasteiger partial charge in [-0.2, -0.15) is 0 Å². The minimum absolute atomic E-state index is 0.245. The van der Waals surface area contributed by atoms with Gasteiger partial charge in [0, 0.05) is 12.6 Å². The van der Waals surface area contributed by atoms with Crippen LogP contribution in [0.25, 0.3) is 0 Å². The fraction of sp³-hybridized carbons (Fsp3) is 0.750. The van der Waals surface area contributed by atoms with E-state index in [1.807, 2.05) is 6.92 Å². The molecule has 0 aromatic rings. The molecular weight excluding hydrogens is 190 g/mol. The zero-order valence-electron chi connectivity index (χ0n) is 10.2. The van der Waals surface area contributed by atoms with Gasteiger partial charge >= 0.3 is 5.97 Å². The second-order valence-corrected chi connectivity index (χ2v) is 3.51. The fourth-order valence-electron chi connectivity index (χ4n) is 1.43. The highest BCUT2D eigenvalue weighted by Gasteiger charge is 2.03. The second kappa shape index (κ2) is 9.71. The number of hydrogen-bond acceptors (Lipinski definition) is 3. The molecule has 0 atom stereocenters. The Labute approximate surface area is 93.1 Å². The minimum atomic E-state index is -0.245. The third kappa shape index (κ3) is 8.18. The Morgan fingerprint density at radius 2 is 1.80 bits per heavy atom. The monoisotopic (exact) mass is 213 g/mol. The maximum absolute atomic E-state index is 11.0. The van der Waals surface area contributed by atoms with Crippen LogP contribution in [0.15, 0.2) is 12.2 Å². The summed E-state index contributed by atoms with van der Waals surface area (Å²) in [6.07, 6.45) is 5.42. The quantitative estimate of drug-likeness (QED) is 0.457. The molecular formula is C12H23NO2. The Hall–Kier alpha value is -0.830. The first-order chi connectivity index (χ1) is 7.24. The highest BCUT2D eigenvalue weighted by atomic mass is 16.5. The van der Waals surface area contributed by atoms with Gasteiger partial charge < -0.3 is 4.74 Å². The summed E-state index contributed by atoms with van der Waals surface area (Å²) in [4.78, 5) is 13.3. The van der Waals surface area contributed by atoms with E-state index in [1.54, 1.807) is 6.08 Å². The van der Waals surface area contributed by atoms with Crippen molar-refractivity contribution in [2.75, 3.05) is 26.2 Å². The van der Waals surface area contributed by atoms with Gasteiger partial charge in [-0.3, -0.25) is 4.90 Å². The van der Waals surface area contributed by atoms with E-state index in [0.717, 1.165) is 32.5 Å². The van der Waals surface area contributed by atoms with Gasteiger partial charge in [-0.1, -0.05) is 19.9 Å². The predicted octanol–water partition coefficient (Wildman–Crippen LogP) is 2.23. The molecule has 88 valence electrons. The first kappa shape index (κ1) is 14.2. The molecule has 0 heterocycles. The van der Waals surface area contributed by atoms with Gasteiger partial charge in [0.05, 0.1) is 0 Å². The van der Waals surface area contributed by atoms with Gasteiger partial charge in [0.2, 0.25) is 0 Å². The third-order valence-electron chi connectivity index (χ3n) is 2.03. The van der Waals surface area contributed by atoms with Crippen LogP contribution in [0.5, 0.6) is 0 Å². The van der Waals surface area contributed by atoms with Crippen molar-refractivity contribution in [3.8, 4) is 0 Å². The number of allylic oxidation sites excluding steroid dienone is 1. The van der Waals surface area contributed by atoms with Crippen molar-refractivity contribution in [1.29, 1.82) is 0 Å². The van der Waals surface area contributed by atoms with E-state index in [4.69, 9.17) is 4.74 Å². The molecule has 3 nitrogen and oxygen atoms in total. The summed E-state index contributed by atoms with van der Waals surface area (Å²) in [7, 11) is 0. The molecule has 0 aromatic carbocycles. The predicted molar refractivity (Wildman–Crippen MR) is 62.8 cm³/mol. The van der Waals surface area contributed by atoms with Crippen LogP contribution in [-0.2, 0) is 9.53 Å². The van der Waals surface area contributed by atoms with Gasteiger partial charge in [-0.15, -0.1) is 0 Å². The summed E-state index contributed by atoms with van der Waals surface area (Å²) >= 11 is 0. The van der Waals surface area contributed by atoms with E-state index < -0.39 is 0 Å². The average Bonchev–Trinajstić information content (AvgIpc) is 2.19. The molecule has 0 aliphatic carbocycles. The Balaban J connectivity index is 3.64.